The predicted molar refractivity (Wildman–Crippen MR) is 108 cm³/mol. The van der Waals surface area contributed by atoms with Gasteiger partial charge >= 0.3 is 0 Å². The minimum Gasteiger partial charge on any atom is -0.491 e. The van der Waals surface area contributed by atoms with Gasteiger partial charge in [-0.2, -0.15) is 0 Å². The van der Waals surface area contributed by atoms with E-state index in [1.54, 1.807) is 4.90 Å². The molecule has 0 fully saturated rings. The van der Waals surface area contributed by atoms with E-state index in [1.807, 2.05) is 76.2 Å². The van der Waals surface area contributed by atoms with E-state index in [-0.39, 0.29) is 24.5 Å². The fourth-order valence-corrected chi connectivity index (χ4v) is 2.82. The van der Waals surface area contributed by atoms with E-state index < -0.39 is 5.91 Å². The van der Waals surface area contributed by atoms with E-state index in [0.29, 0.717) is 12.1 Å². The number of rotatable bonds is 8. The number of nitrogens with two attached hydrogens (primary N) is 1. The van der Waals surface area contributed by atoms with Crippen molar-refractivity contribution in [2.24, 2.45) is 5.73 Å². The van der Waals surface area contributed by atoms with E-state index in [0.717, 1.165) is 16.9 Å². The molecule has 5 heteroatoms. The molecule has 2 amide bonds. The third-order valence-electron chi connectivity index (χ3n) is 4.15. The number of ether oxygens (including phenoxy) is 1. The van der Waals surface area contributed by atoms with Crippen LogP contribution < -0.4 is 10.5 Å². The van der Waals surface area contributed by atoms with E-state index in [9.17, 15) is 9.59 Å². The highest BCUT2D eigenvalue weighted by molar-refractivity contribution is 5.95. The van der Waals surface area contributed by atoms with Crippen LogP contribution in [0.2, 0.25) is 0 Å². The van der Waals surface area contributed by atoms with E-state index in [4.69, 9.17) is 10.5 Å². The van der Waals surface area contributed by atoms with Crippen LogP contribution in [0.1, 0.15) is 44.5 Å². The normalized spacial score (nSPS) is 10.9. The summed E-state index contributed by atoms with van der Waals surface area (Å²) in [5, 5.41) is 0. The molecule has 0 heterocycles. The van der Waals surface area contributed by atoms with Gasteiger partial charge in [0.15, 0.2) is 0 Å². The first-order valence-electron chi connectivity index (χ1n) is 9.24. The number of nitrogens with zero attached hydrogens (tertiary/aromatic N) is 1. The van der Waals surface area contributed by atoms with Crippen LogP contribution in [0, 0.1) is 0 Å². The maximum atomic E-state index is 12.8. The first-order chi connectivity index (χ1) is 12.8. The molecule has 0 unspecified atom stereocenters. The summed E-state index contributed by atoms with van der Waals surface area (Å²) in [5.74, 6) is 0.307. The number of carbonyl (C=O) groups excluding carboxylic acids is 2. The fraction of sp³-hybridized carbons (Fsp3) is 0.364. The van der Waals surface area contributed by atoms with Crippen LogP contribution in [0.3, 0.4) is 0 Å². The quantitative estimate of drug-likeness (QED) is 0.769. The Morgan fingerprint density at radius 1 is 1.00 bits per heavy atom. The Hall–Kier alpha value is -2.82. The number of hydrogen-bond donors (Lipinski definition) is 1. The fourth-order valence-electron chi connectivity index (χ4n) is 2.82. The number of benzene rings is 2. The van der Waals surface area contributed by atoms with Crippen molar-refractivity contribution in [1.82, 2.24) is 4.90 Å². The molecule has 0 saturated heterocycles. The van der Waals surface area contributed by atoms with E-state index >= 15 is 0 Å². The van der Waals surface area contributed by atoms with Gasteiger partial charge in [-0.05, 0) is 63.1 Å². The summed E-state index contributed by atoms with van der Waals surface area (Å²) in [6, 6.07) is 15.4. The summed E-state index contributed by atoms with van der Waals surface area (Å²) < 4.78 is 5.74. The lowest BCUT2D eigenvalue weighted by atomic mass is 10.0. The van der Waals surface area contributed by atoms with Crippen LogP contribution in [0.5, 0.6) is 5.75 Å². The summed E-state index contributed by atoms with van der Waals surface area (Å²) in [5.41, 5.74) is 7.85. The Bertz CT molecular complexity index is 782. The standard InChI is InChI=1S/C22H28N2O3/c1-15(2)24(13-12-21(23)25)22(26)18-10-8-17(9-11-18)19-6-5-7-20(14-19)27-16(3)4/h5-11,14-16H,12-13H2,1-4H3,(H2,23,25). The molecule has 2 aromatic carbocycles. The maximum absolute atomic E-state index is 12.8. The highest BCUT2D eigenvalue weighted by atomic mass is 16.5. The molecule has 0 aliphatic carbocycles. The molecule has 0 atom stereocenters. The smallest absolute Gasteiger partial charge is 0.254 e. The molecule has 5 nitrogen and oxygen atoms in total. The molecule has 0 radical (unpaired) electrons. The molecular weight excluding hydrogens is 340 g/mol. The SMILES string of the molecule is CC(C)Oc1cccc(-c2ccc(C(=O)N(CCC(N)=O)C(C)C)cc2)c1. The van der Waals surface area contributed by atoms with Gasteiger partial charge in [-0.25, -0.2) is 0 Å². The van der Waals surface area contributed by atoms with Gasteiger partial charge in [0, 0.05) is 24.6 Å². The lowest BCUT2D eigenvalue weighted by molar-refractivity contribution is -0.118. The minimum atomic E-state index is -0.410. The van der Waals surface area contributed by atoms with Crippen molar-refractivity contribution in [3.05, 3.63) is 54.1 Å². The van der Waals surface area contributed by atoms with Crippen molar-refractivity contribution >= 4 is 11.8 Å². The van der Waals surface area contributed by atoms with Gasteiger partial charge in [-0.15, -0.1) is 0 Å². The highest BCUT2D eigenvalue weighted by Gasteiger charge is 2.19. The second-order valence-corrected chi connectivity index (χ2v) is 7.08. The van der Waals surface area contributed by atoms with Crippen LogP contribution >= 0.6 is 0 Å². The third-order valence-corrected chi connectivity index (χ3v) is 4.15. The largest absolute Gasteiger partial charge is 0.491 e. The van der Waals surface area contributed by atoms with E-state index in [1.165, 1.54) is 0 Å². The van der Waals surface area contributed by atoms with Crippen LogP contribution in [0.25, 0.3) is 11.1 Å². The Morgan fingerprint density at radius 3 is 2.22 bits per heavy atom. The van der Waals surface area contributed by atoms with Crippen LogP contribution in [0.4, 0.5) is 0 Å². The van der Waals surface area contributed by atoms with E-state index in [2.05, 4.69) is 0 Å². The Balaban J connectivity index is 2.18. The van der Waals surface area contributed by atoms with Gasteiger partial charge in [0.05, 0.1) is 6.10 Å². The summed E-state index contributed by atoms with van der Waals surface area (Å²) >= 11 is 0. The average molecular weight is 368 g/mol. The zero-order valence-corrected chi connectivity index (χ0v) is 16.4. The maximum Gasteiger partial charge on any atom is 0.254 e. The molecule has 2 N–H and O–H groups in total. The molecule has 0 saturated carbocycles. The van der Waals surface area contributed by atoms with Crippen molar-refractivity contribution < 1.29 is 14.3 Å². The van der Waals surface area contributed by atoms with Gasteiger partial charge in [-0.1, -0.05) is 24.3 Å². The molecular formula is C22H28N2O3. The number of carbonyl (C=O) groups is 2. The first kappa shape index (κ1) is 20.5. The predicted octanol–water partition coefficient (Wildman–Crippen LogP) is 3.87. The lowest BCUT2D eigenvalue weighted by Gasteiger charge is -2.26. The van der Waals surface area contributed by atoms with Crippen LogP contribution in [0.15, 0.2) is 48.5 Å². The van der Waals surface area contributed by atoms with Crippen molar-refractivity contribution in [3.63, 3.8) is 0 Å². The molecule has 0 bridgehead atoms. The van der Waals surface area contributed by atoms with Gasteiger partial charge in [0.1, 0.15) is 5.75 Å². The summed E-state index contributed by atoms with van der Waals surface area (Å²) in [6.07, 6.45) is 0.271. The van der Waals surface area contributed by atoms with Gasteiger partial charge in [0.2, 0.25) is 5.91 Å². The zero-order valence-electron chi connectivity index (χ0n) is 16.4. The van der Waals surface area contributed by atoms with Crippen molar-refractivity contribution in [3.8, 4) is 16.9 Å². The molecule has 2 aromatic rings. The number of amides is 2. The molecule has 0 aliphatic rings. The topological polar surface area (TPSA) is 72.6 Å². The molecule has 144 valence electrons. The van der Waals surface area contributed by atoms with Crippen molar-refractivity contribution in [2.75, 3.05) is 6.54 Å². The second kappa shape index (κ2) is 9.21. The summed E-state index contributed by atoms with van der Waals surface area (Å²) in [4.78, 5) is 25.5. The number of hydrogen-bond acceptors (Lipinski definition) is 3. The van der Waals surface area contributed by atoms with Gasteiger partial charge in [-0.3, -0.25) is 9.59 Å². The number of primary amides is 1. The molecule has 2 rings (SSSR count). The lowest BCUT2D eigenvalue weighted by Crippen LogP contribution is -2.39. The van der Waals surface area contributed by atoms with Crippen molar-refractivity contribution in [1.29, 1.82) is 0 Å². The third kappa shape index (κ3) is 5.84. The van der Waals surface area contributed by atoms with Crippen LogP contribution in [-0.4, -0.2) is 35.4 Å². The molecule has 27 heavy (non-hydrogen) atoms. The summed E-state index contributed by atoms with van der Waals surface area (Å²) in [6.45, 7) is 8.15. The van der Waals surface area contributed by atoms with Gasteiger partial charge in [0.25, 0.3) is 5.91 Å². The minimum absolute atomic E-state index is 0.0126. The van der Waals surface area contributed by atoms with Crippen LogP contribution in [-0.2, 0) is 4.79 Å². The average Bonchev–Trinajstić information content (AvgIpc) is 2.61. The Kier molecular flexibility index (Phi) is 6.99. The molecule has 0 spiro atoms. The highest BCUT2D eigenvalue weighted by Crippen LogP contribution is 2.25. The Morgan fingerprint density at radius 2 is 1.67 bits per heavy atom. The first-order valence-corrected chi connectivity index (χ1v) is 9.24. The molecule has 0 aliphatic heterocycles. The molecule has 0 aromatic heterocycles. The van der Waals surface area contributed by atoms with Gasteiger partial charge < -0.3 is 15.4 Å². The zero-order chi connectivity index (χ0) is 20.0. The summed E-state index contributed by atoms with van der Waals surface area (Å²) in [7, 11) is 0. The van der Waals surface area contributed by atoms with Crippen molar-refractivity contribution in [2.45, 2.75) is 46.3 Å². The second-order valence-electron chi connectivity index (χ2n) is 7.08. The Labute approximate surface area is 161 Å². The monoisotopic (exact) mass is 368 g/mol.